The zero-order valence-electron chi connectivity index (χ0n) is 39.3. The molecule has 8 rings (SSSR count). The minimum atomic E-state index is -0.622. The second kappa shape index (κ2) is 24.2. The zero-order valence-corrected chi connectivity index (χ0v) is 40.2. The highest BCUT2D eigenvalue weighted by Crippen LogP contribution is 2.36. The summed E-state index contributed by atoms with van der Waals surface area (Å²) >= 11 is 0. The summed E-state index contributed by atoms with van der Waals surface area (Å²) in [6.07, 6.45) is 9.32. The lowest BCUT2D eigenvalue weighted by atomic mass is 9.86. The number of nitrogens with zero attached hydrogens (tertiary/aromatic N) is 5. The third-order valence-corrected chi connectivity index (χ3v) is 12.8. The number of imide groups is 1. The number of rotatable bonds is 23. The van der Waals surface area contributed by atoms with E-state index >= 15 is 0 Å². The number of carbonyl (C=O) groups excluding carboxylic acids is 4. The molecular weight excluding hydrogens is 900 g/mol. The fourth-order valence-electron chi connectivity index (χ4n) is 8.88. The number of likely N-dealkylation sites (tertiary alicyclic amines) is 1. The van der Waals surface area contributed by atoms with Crippen LogP contribution in [0.1, 0.15) is 102 Å². The number of fused-ring (bicyclic) bond motifs is 1. The lowest BCUT2D eigenvalue weighted by Gasteiger charge is -2.40. The average Bonchev–Trinajstić information content (AvgIpc) is 3.98. The molecule has 2 fully saturated rings. The number of ether oxygens (including phenoxy) is 3. The molecule has 366 valence electrons. The number of anilines is 2. The van der Waals surface area contributed by atoms with Crippen LogP contribution in [0.3, 0.4) is 0 Å². The first-order valence-electron chi connectivity index (χ1n) is 23.7. The largest absolute Gasteiger partial charge is 0.494 e. The van der Waals surface area contributed by atoms with Crippen LogP contribution >= 0.6 is 12.4 Å². The molecule has 1 unspecified atom stereocenters. The molecule has 0 bridgehead atoms. The number of H-pyrrole nitrogens is 1. The van der Waals surface area contributed by atoms with E-state index < -0.39 is 17.5 Å². The van der Waals surface area contributed by atoms with Gasteiger partial charge in [0.15, 0.2) is 11.6 Å². The Bertz CT molecular complexity index is 2520. The Balaban J connectivity index is 0.00000703. The van der Waals surface area contributed by atoms with Crippen molar-refractivity contribution in [3.05, 3.63) is 119 Å². The van der Waals surface area contributed by atoms with Gasteiger partial charge in [0.05, 0.1) is 24.8 Å². The fraction of sp³-hybridized carbons (Fsp3) is 0.431. The van der Waals surface area contributed by atoms with Crippen LogP contribution in [0, 0.1) is 0 Å². The van der Waals surface area contributed by atoms with E-state index in [0.29, 0.717) is 69.5 Å². The summed E-state index contributed by atoms with van der Waals surface area (Å²) in [7, 11) is 2.12. The van der Waals surface area contributed by atoms with E-state index in [0.717, 1.165) is 91.3 Å². The SMILES string of the molecule is C[C@@H](NC(=O)c1cccc(NC2(c3nnc(-c4ccncc4)[nH]3)CCN(C)CC2)c1)c1cccc(OCCCCCOCCCOCCNc2ccc3c(c2)CN(C2CCC(=O)NC2=O)C3=O)c1.Cl. The molecule has 0 radical (unpaired) electrons. The van der Waals surface area contributed by atoms with Crippen LogP contribution < -0.4 is 26.0 Å². The van der Waals surface area contributed by atoms with Crippen molar-refractivity contribution in [3.63, 3.8) is 0 Å². The number of piperidine rings is 2. The maximum absolute atomic E-state index is 13.6. The Morgan fingerprint density at radius 3 is 2.43 bits per heavy atom. The average molecular weight is 964 g/mol. The molecule has 0 aliphatic carbocycles. The van der Waals surface area contributed by atoms with Gasteiger partial charge < -0.3 is 44.9 Å². The summed E-state index contributed by atoms with van der Waals surface area (Å²) in [5.74, 6) is 1.19. The highest BCUT2D eigenvalue weighted by atomic mass is 35.5. The van der Waals surface area contributed by atoms with Crippen LogP contribution in [-0.4, -0.2) is 119 Å². The summed E-state index contributed by atoms with van der Waals surface area (Å²) in [6.45, 7) is 7.75. The van der Waals surface area contributed by atoms with E-state index in [1.54, 1.807) is 23.4 Å². The number of aromatic nitrogens is 4. The molecule has 4 amide bonds. The number of hydrogen-bond acceptors (Lipinski definition) is 13. The lowest BCUT2D eigenvalue weighted by Crippen LogP contribution is -2.52. The molecule has 5 heterocycles. The van der Waals surface area contributed by atoms with Crippen LogP contribution in [0.25, 0.3) is 11.4 Å². The highest BCUT2D eigenvalue weighted by molar-refractivity contribution is 6.05. The summed E-state index contributed by atoms with van der Waals surface area (Å²) in [5.41, 5.74) is 5.13. The number of nitrogens with one attached hydrogen (secondary N) is 5. The molecule has 18 heteroatoms. The Kier molecular flexibility index (Phi) is 17.7. The molecule has 3 aromatic carbocycles. The monoisotopic (exact) mass is 962 g/mol. The van der Waals surface area contributed by atoms with E-state index in [-0.39, 0.29) is 42.6 Å². The van der Waals surface area contributed by atoms with Crippen molar-refractivity contribution in [3.8, 4) is 17.1 Å². The molecule has 69 heavy (non-hydrogen) atoms. The molecule has 0 saturated carbocycles. The lowest BCUT2D eigenvalue weighted by molar-refractivity contribution is -0.136. The van der Waals surface area contributed by atoms with Gasteiger partial charge in [-0.05, 0) is 131 Å². The van der Waals surface area contributed by atoms with E-state index in [1.807, 2.05) is 79.7 Å². The number of pyridine rings is 1. The fourth-order valence-corrected chi connectivity index (χ4v) is 8.88. The summed E-state index contributed by atoms with van der Waals surface area (Å²) in [6, 6.07) is 24.0. The van der Waals surface area contributed by atoms with E-state index in [1.165, 1.54) is 0 Å². The minimum absolute atomic E-state index is 0. The smallest absolute Gasteiger partial charge is 0.255 e. The van der Waals surface area contributed by atoms with Crippen LogP contribution in [0.2, 0.25) is 0 Å². The maximum atomic E-state index is 13.6. The number of carbonyl (C=O) groups is 4. The molecule has 17 nitrogen and oxygen atoms in total. The molecular formula is C51H63ClN10O7. The first kappa shape index (κ1) is 50.5. The topological polar surface area (TPSA) is 205 Å². The Hall–Kier alpha value is -6.40. The van der Waals surface area contributed by atoms with Crippen LogP contribution in [-0.2, 0) is 31.1 Å². The van der Waals surface area contributed by atoms with Crippen molar-refractivity contribution in [2.24, 2.45) is 0 Å². The second-order valence-corrected chi connectivity index (χ2v) is 17.8. The van der Waals surface area contributed by atoms with Crippen molar-refractivity contribution in [2.75, 3.05) is 70.3 Å². The van der Waals surface area contributed by atoms with Gasteiger partial charge in [0, 0.05) is 92.9 Å². The second-order valence-electron chi connectivity index (χ2n) is 17.8. The summed E-state index contributed by atoms with van der Waals surface area (Å²) < 4.78 is 17.7. The predicted molar refractivity (Wildman–Crippen MR) is 264 cm³/mol. The molecule has 5 N–H and O–H groups in total. The van der Waals surface area contributed by atoms with Gasteiger partial charge in [-0.2, -0.15) is 0 Å². The standard InChI is InChI=1S/C51H62N10O7.ClH/c1-35(54-47(63)38-10-6-11-41(31-38)57-51(19-24-60(2)25-20-51)50-56-46(58-59-50)36-17-21-52-22-18-36)37-9-7-12-42(33-37)68-29-5-3-4-26-66-27-8-28-67-30-23-53-40-13-14-43-39(32-40)34-61(49(43)65)44-15-16-45(62)55-48(44)64;/h6-7,9-14,17-18,21-22,31-33,35,44,53,57H,3-5,8,15-16,19-20,23-30,34H2,1-2H3,(H,54,63)(H,55,62,64)(H,56,58,59);1H/t35-,44?;/m1./s1. The first-order valence-corrected chi connectivity index (χ1v) is 23.7. The van der Waals surface area contributed by atoms with Crippen molar-refractivity contribution in [1.82, 2.24) is 40.6 Å². The van der Waals surface area contributed by atoms with Crippen LogP contribution in [0.4, 0.5) is 11.4 Å². The third kappa shape index (κ3) is 13.2. The first-order chi connectivity index (χ1) is 33.1. The molecule has 2 aromatic heterocycles. The van der Waals surface area contributed by atoms with Crippen LogP contribution in [0.15, 0.2) is 91.3 Å². The van der Waals surface area contributed by atoms with Crippen molar-refractivity contribution >= 4 is 47.4 Å². The van der Waals surface area contributed by atoms with Gasteiger partial charge in [0.1, 0.15) is 11.8 Å². The van der Waals surface area contributed by atoms with E-state index in [4.69, 9.17) is 14.2 Å². The number of benzene rings is 3. The van der Waals surface area contributed by atoms with Gasteiger partial charge in [-0.3, -0.25) is 29.5 Å². The van der Waals surface area contributed by atoms with Crippen molar-refractivity contribution in [1.29, 1.82) is 0 Å². The maximum Gasteiger partial charge on any atom is 0.255 e. The molecule has 5 aromatic rings. The third-order valence-electron chi connectivity index (χ3n) is 12.8. The molecule has 2 saturated heterocycles. The van der Waals surface area contributed by atoms with Gasteiger partial charge in [-0.15, -0.1) is 22.6 Å². The normalized spacial score (nSPS) is 17.1. The Labute approximate surface area is 409 Å². The number of halogens is 1. The number of unbranched alkanes of at least 4 members (excludes halogenated alkanes) is 2. The van der Waals surface area contributed by atoms with E-state index in [2.05, 4.69) is 53.4 Å². The van der Waals surface area contributed by atoms with Crippen molar-refractivity contribution < 1.29 is 33.4 Å². The van der Waals surface area contributed by atoms with Gasteiger partial charge in [0.2, 0.25) is 11.8 Å². The van der Waals surface area contributed by atoms with Gasteiger partial charge in [-0.1, -0.05) is 18.2 Å². The molecule has 3 aliphatic rings. The van der Waals surface area contributed by atoms with Crippen LogP contribution in [0.5, 0.6) is 5.75 Å². The predicted octanol–water partition coefficient (Wildman–Crippen LogP) is 6.66. The Morgan fingerprint density at radius 1 is 0.855 bits per heavy atom. The summed E-state index contributed by atoms with van der Waals surface area (Å²) in [5, 5.41) is 21.7. The Morgan fingerprint density at radius 2 is 1.62 bits per heavy atom. The highest BCUT2D eigenvalue weighted by Gasteiger charge is 2.40. The van der Waals surface area contributed by atoms with Gasteiger partial charge in [-0.25, -0.2) is 0 Å². The number of hydrogen-bond donors (Lipinski definition) is 5. The number of aromatic amines is 1. The minimum Gasteiger partial charge on any atom is -0.494 e. The molecule has 2 atom stereocenters. The van der Waals surface area contributed by atoms with E-state index in [9.17, 15) is 19.2 Å². The number of amides is 4. The van der Waals surface area contributed by atoms with Gasteiger partial charge in [0.25, 0.3) is 11.8 Å². The van der Waals surface area contributed by atoms with Gasteiger partial charge >= 0.3 is 0 Å². The van der Waals surface area contributed by atoms with Crippen molar-refractivity contribution in [2.45, 2.75) is 82.5 Å². The molecule has 0 spiro atoms. The molecule has 3 aliphatic heterocycles. The zero-order chi connectivity index (χ0) is 47.3. The quantitative estimate of drug-likeness (QED) is 0.0344. The summed E-state index contributed by atoms with van der Waals surface area (Å²) in [4.78, 5) is 61.8.